The zero-order valence-corrected chi connectivity index (χ0v) is 50.9. The van der Waals surface area contributed by atoms with Gasteiger partial charge in [-0.25, -0.2) is 4.57 Å². The van der Waals surface area contributed by atoms with Crippen LogP contribution in [-0.2, 0) is 32.7 Å². The highest BCUT2D eigenvalue weighted by molar-refractivity contribution is 7.47. The number of allylic oxidation sites excluding steroid dienone is 14. The number of phosphoric ester groups is 1. The Morgan fingerprint density at radius 2 is 0.750 bits per heavy atom. The van der Waals surface area contributed by atoms with Gasteiger partial charge < -0.3 is 18.9 Å². The Labute approximate surface area is 469 Å². The van der Waals surface area contributed by atoms with Crippen molar-refractivity contribution in [2.24, 2.45) is 0 Å². The SMILES string of the molecule is CC/C=C\C/C=C\C/C=C\C/C=C\C/C=C\C/C=C\CCCCCCCCC(=O)OC(COC(=O)CCCCCCCCCCCCCCCCC/C=C\CCCCCCCCCC)COP(=O)(O)OCC[N+](C)(C)C. The van der Waals surface area contributed by atoms with Crippen LogP contribution in [0, 0.1) is 0 Å². The second-order valence-corrected chi connectivity index (χ2v) is 23.5. The molecular formula is C66H119NO8P+. The number of quaternary nitrogens is 1. The highest BCUT2D eigenvalue weighted by Crippen LogP contribution is 2.43. The van der Waals surface area contributed by atoms with Crippen molar-refractivity contribution >= 4 is 19.8 Å². The molecule has 0 aromatic carbocycles. The first-order valence-corrected chi connectivity index (χ1v) is 32.8. The maximum atomic E-state index is 12.8. The molecule has 440 valence electrons. The number of unbranched alkanes of at least 4 members (excludes halogenated alkanes) is 29. The Morgan fingerprint density at radius 3 is 1.13 bits per heavy atom. The van der Waals surface area contributed by atoms with E-state index in [1.165, 1.54) is 141 Å². The molecule has 0 amide bonds. The lowest BCUT2D eigenvalue weighted by Gasteiger charge is -2.24. The summed E-state index contributed by atoms with van der Waals surface area (Å²) in [6.45, 7) is 4.32. The van der Waals surface area contributed by atoms with Gasteiger partial charge >= 0.3 is 19.8 Å². The molecule has 0 aromatic rings. The summed E-state index contributed by atoms with van der Waals surface area (Å²) in [5.41, 5.74) is 0. The third kappa shape index (κ3) is 60.4. The Hall–Kier alpha value is -2.81. The summed E-state index contributed by atoms with van der Waals surface area (Å²) in [5, 5.41) is 0. The van der Waals surface area contributed by atoms with Crippen molar-refractivity contribution in [2.75, 3.05) is 47.5 Å². The van der Waals surface area contributed by atoms with Gasteiger partial charge in [-0.1, -0.05) is 253 Å². The maximum absolute atomic E-state index is 12.8. The van der Waals surface area contributed by atoms with E-state index in [0.717, 1.165) is 96.3 Å². The van der Waals surface area contributed by atoms with Crippen LogP contribution in [0.5, 0.6) is 0 Å². The second-order valence-electron chi connectivity index (χ2n) is 22.1. The minimum Gasteiger partial charge on any atom is -0.462 e. The first-order valence-electron chi connectivity index (χ1n) is 31.3. The number of nitrogens with zero attached hydrogens (tertiary/aromatic N) is 1. The van der Waals surface area contributed by atoms with Crippen molar-refractivity contribution in [3.63, 3.8) is 0 Å². The lowest BCUT2D eigenvalue weighted by Crippen LogP contribution is -2.37. The number of rotatable bonds is 57. The Kier molecular flexibility index (Phi) is 54.8. The Morgan fingerprint density at radius 1 is 0.421 bits per heavy atom. The summed E-state index contributed by atoms with van der Waals surface area (Å²) in [5.74, 6) is -0.810. The highest BCUT2D eigenvalue weighted by atomic mass is 31.2. The molecule has 0 fully saturated rings. The molecule has 2 unspecified atom stereocenters. The molecule has 0 aliphatic carbocycles. The molecule has 0 saturated heterocycles. The predicted molar refractivity (Wildman–Crippen MR) is 325 cm³/mol. The molecule has 0 heterocycles. The molecule has 0 rings (SSSR count). The second kappa shape index (κ2) is 56.9. The lowest BCUT2D eigenvalue weighted by molar-refractivity contribution is -0.870. The summed E-state index contributed by atoms with van der Waals surface area (Å²) in [4.78, 5) is 35.8. The number of hydrogen-bond acceptors (Lipinski definition) is 7. The molecule has 1 N–H and O–H groups in total. The average molecular weight is 1090 g/mol. The lowest BCUT2D eigenvalue weighted by atomic mass is 10.0. The van der Waals surface area contributed by atoms with Crippen LogP contribution < -0.4 is 0 Å². The molecule has 9 nitrogen and oxygen atoms in total. The topological polar surface area (TPSA) is 108 Å². The van der Waals surface area contributed by atoms with Crippen LogP contribution in [0.25, 0.3) is 0 Å². The van der Waals surface area contributed by atoms with Gasteiger partial charge in [0, 0.05) is 12.8 Å². The van der Waals surface area contributed by atoms with Gasteiger partial charge in [-0.15, -0.1) is 0 Å². The van der Waals surface area contributed by atoms with Gasteiger partial charge in [0.15, 0.2) is 6.10 Å². The van der Waals surface area contributed by atoms with E-state index in [4.69, 9.17) is 18.5 Å². The number of ether oxygens (including phenoxy) is 2. The molecular weight excluding hydrogens is 966 g/mol. The zero-order valence-electron chi connectivity index (χ0n) is 50.0. The number of phosphoric acid groups is 1. The van der Waals surface area contributed by atoms with E-state index in [2.05, 4.69) is 98.9 Å². The predicted octanol–water partition coefficient (Wildman–Crippen LogP) is 19.8. The van der Waals surface area contributed by atoms with Crippen LogP contribution in [0.3, 0.4) is 0 Å². The van der Waals surface area contributed by atoms with Crippen molar-refractivity contribution in [1.29, 1.82) is 0 Å². The number of hydrogen-bond donors (Lipinski definition) is 1. The molecule has 0 aliphatic heterocycles. The van der Waals surface area contributed by atoms with Crippen LogP contribution in [0.1, 0.15) is 271 Å². The standard InChI is InChI=1S/C66H118NO8P/c1-6-8-10-12-14-16-18-20-22-24-26-28-30-32-33-35-36-38-40-42-44-46-48-50-52-54-56-58-65(68)72-62-64(63-74-76(70,71)73-61-60-67(3,4)5)75-66(69)59-57-55-53-51-49-47-45-43-41-39-37-34-31-29-27-25-23-21-19-17-15-13-11-9-7-2/h9,11,15,17,21,23-24,26-27,29,34,37,41,43,64H,6-8,10,12-14,16,18-20,22,25,28,30-33,35-36,38-40,42,44-63H2,1-5H3/p+1/b11-9-,17-15-,23-21-,26-24-,29-27-,37-34-,43-41-. The van der Waals surface area contributed by atoms with Gasteiger partial charge in [0.25, 0.3) is 0 Å². The third-order valence-electron chi connectivity index (χ3n) is 13.4. The van der Waals surface area contributed by atoms with Gasteiger partial charge in [0.05, 0.1) is 27.7 Å². The fourth-order valence-electron chi connectivity index (χ4n) is 8.60. The summed E-state index contributed by atoms with van der Waals surface area (Å²) in [7, 11) is 1.46. The quantitative estimate of drug-likeness (QED) is 0.0211. The minimum absolute atomic E-state index is 0.0253. The minimum atomic E-state index is -4.40. The molecule has 2 atom stereocenters. The molecule has 0 aromatic heterocycles. The molecule has 0 aliphatic rings. The van der Waals surface area contributed by atoms with E-state index in [0.29, 0.717) is 17.4 Å². The van der Waals surface area contributed by atoms with Crippen molar-refractivity contribution in [3.8, 4) is 0 Å². The smallest absolute Gasteiger partial charge is 0.462 e. The summed E-state index contributed by atoms with van der Waals surface area (Å²) < 4.78 is 34.6. The third-order valence-corrected chi connectivity index (χ3v) is 14.4. The molecule has 0 radical (unpaired) electrons. The summed E-state index contributed by atoms with van der Waals surface area (Å²) >= 11 is 0. The van der Waals surface area contributed by atoms with Crippen LogP contribution in [0.15, 0.2) is 85.1 Å². The Balaban J connectivity index is 4.15. The van der Waals surface area contributed by atoms with Crippen LogP contribution >= 0.6 is 7.82 Å². The van der Waals surface area contributed by atoms with E-state index >= 15 is 0 Å². The van der Waals surface area contributed by atoms with Gasteiger partial charge in [0.1, 0.15) is 19.8 Å². The molecule has 0 saturated carbocycles. The van der Waals surface area contributed by atoms with E-state index < -0.39 is 26.5 Å². The van der Waals surface area contributed by atoms with E-state index in [1.54, 1.807) is 0 Å². The maximum Gasteiger partial charge on any atom is 0.472 e. The first-order chi connectivity index (χ1) is 37.0. The fraction of sp³-hybridized carbons (Fsp3) is 0.758. The van der Waals surface area contributed by atoms with Gasteiger partial charge in [-0.3, -0.25) is 18.6 Å². The number of carbonyl (C=O) groups is 2. The zero-order chi connectivity index (χ0) is 55.6. The molecule has 10 heteroatoms. The number of likely N-dealkylation sites (N-methyl/N-ethyl adjacent to an activating group) is 1. The number of esters is 2. The van der Waals surface area contributed by atoms with Gasteiger partial charge in [-0.2, -0.15) is 0 Å². The molecule has 0 spiro atoms. The largest absolute Gasteiger partial charge is 0.472 e. The first kappa shape index (κ1) is 73.2. The van der Waals surface area contributed by atoms with Crippen molar-refractivity contribution < 1.29 is 42.1 Å². The van der Waals surface area contributed by atoms with Crippen LogP contribution in [0.4, 0.5) is 0 Å². The van der Waals surface area contributed by atoms with Crippen molar-refractivity contribution in [2.45, 2.75) is 277 Å². The summed E-state index contributed by atoms with van der Waals surface area (Å²) in [6, 6.07) is 0. The highest BCUT2D eigenvalue weighted by Gasteiger charge is 2.27. The monoisotopic (exact) mass is 1080 g/mol. The van der Waals surface area contributed by atoms with Crippen LogP contribution in [0.2, 0.25) is 0 Å². The molecule has 76 heavy (non-hydrogen) atoms. The van der Waals surface area contributed by atoms with Crippen LogP contribution in [-0.4, -0.2) is 74.9 Å². The van der Waals surface area contributed by atoms with Crippen molar-refractivity contribution in [3.05, 3.63) is 85.1 Å². The summed E-state index contributed by atoms with van der Waals surface area (Å²) in [6.07, 6.45) is 76.6. The van der Waals surface area contributed by atoms with E-state index in [-0.39, 0.29) is 32.0 Å². The van der Waals surface area contributed by atoms with Crippen molar-refractivity contribution in [1.82, 2.24) is 0 Å². The average Bonchev–Trinajstić information content (AvgIpc) is 3.38. The van der Waals surface area contributed by atoms with Gasteiger partial charge in [-0.05, 0) is 89.9 Å². The molecule has 0 bridgehead atoms. The number of carbonyl (C=O) groups excluding carboxylic acids is 2. The van der Waals surface area contributed by atoms with Gasteiger partial charge in [0.2, 0.25) is 0 Å². The Bertz CT molecular complexity index is 1560. The normalized spacial score (nSPS) is 13.8. The van der Waals surface area contributed by atoms with E-state index in [9.17, 15) is 19.0 Å². The fourth-order valence-corrected chi connectivity index (χ4v) is 9.34. The van der Waals surface area contributed by atoms with E-state index in [1.807, 2.05) is 21.1 Å².